The van der Waals surface area contributed by atoms with Gasteiger partial charge in [0, 0.05) is 65.5 Å². The summed E-state index contributed by atoms with van der Waals surface area (Å²) in [7, 11) is 0. The van der Waals surface area contributed by atoms with Crippen LogP contribution >= 0.6 is 0 Å². The van der Waals surface area contributed by atoms with Gasteiger partial charge in [-0.3, -0.25) is 0 Å². The number of benzene rings is 15. The smallest absolute Gasteiger partial charge is 0.0547 e. The van der Waals surface area contributed by atoms with Gasteiger partial charge in [0.2, 0.25) is 0 Å². The molecular weight excluding hydrogens is 1110 g/mol. The molecule has 19 aromatic rings. The number of hydrogen-bond donors (Lipinski definition) is 0. The topological polar surface area (TPSA) is 19.7 Å². The molecule has 0 spiro atoms. The summed E-state index contributed by atoms with van der Waals surface area (Å²) in [6.45, 7) is 0. The molecule has 0 saturated carbocycles. The lowest BCUT2D eigenvalue weighted by atomic mass is 9.95. The highest BCUT2D eigenvalue weighted by Crippen LogP contribution is 2.47. The average molecular weight is 1170 g/mol. The second-order valence-electron chi connectivity index (χ2n) is 23.9. The zero-order chi connectivity index (χ0) is 60.6. The summed E-state index contributed by atoms with van der Waals surface area (Å²) in [5, 5.41) is 12.6. The van der Waals surface area contributed by atoms with E-state index >= 15 is 0 Å². The summed E-state index contributed by atoms with van der Waals surface area (Å²) in [5.41, 5.74) is 24.3. The quantitative estimate of drug-likeness (QED) is 0.144. The molecule has 0 amide bonds. The minimum atomic E-state index is 1.16. The third kappa shape index (κ3) is 8.46. The fourth-order valence-corrected chi connectivity index (χ4v) is 14.9. The number of para-hydroxylation sites is 5. The Labute approximate surface area is 532 Å². The molecule has 0 fully saturated rings. The molecule has 92 heavy (non-hydrogen) atoms. The third-order valence-corrected chi connectivity index (χ3v) is 18.9. The molecule has 0 saturated heterocycles. The van der Waals surface area contributed by atoms with Gasteiger partial charge in [-0.05, 0) is 141 Å². The Kier molecular flexibility index (Phi) is 12.5. The number of hydrogen-bond acceptors (Lipinski definition) is 0. The molecular formula is C88H58N4. The molecule has 430 valence electrons. The first-order valence-electron chi connectivity index (χ1n) is 31.7. The van der Waals surface area contributed by atoms with Crippen LogP contribution in [0, 0.1) is 0 Å². The molecule has 0 atom stereocenters. The predicted octanol–water partition coefficient (Wildman–Crippen LogP) is 23.6. The summed E-state index contributed by atoms with van der Waals surface area (Å²) in [6.07, 6.45) is 0. The van der Waals surface area contributed by atoms with Gasteiger partial charge in [-0.2, -0.15) is 0 Å². The Morgan fingerprint density at radius 2 is 0.413 bits per heavy atom. The summed E-state index contributed by atoms with van der Waals surface area (Å²) < 4.78 is 9.68. The SMILES string of the molecule is c1ccc(-c2ccc(-n3c4ccccc4c4c(-c5cccc6c5c5ccccc5n6-c5cccc6ccccc56)cccc43)cc2)cc1.c1ccc(-c2ccc(-n3c4ccccc4c4c(-c5cccc6c5c5ccccc5n6-c5ccccc5)cccc43)cc2)cc1. The van der Waals surface area contributed by atoms with Crippen LogP contribution in [0.4, 0.5) is 0 Å². The van der Waals surface area contributed by atoms with Gasteiger partial charge in [0.25, 0.3) is 0 Å². The van der Waals surface area contributed by atoms with Crippen LogP contribution in [-0.2, 0) is 0 Å². The molecule has 0 aliphatic heterocycles. The van der Waals surface area contributed by atoms with Gasteiger partial charge in [0.15, 0.2) is 0 Å². The van der Waals surface area contributed by atoms with Crippen molar-refractivity contribution in [2.45, 2.75) is 0 Å². The Bertz CT molecular complexity index is 6020. The van der Waals surface area contributed by atoms with Crippen molar-refractivity contribution in [1.82, 2.24) is 18.3 Å². The Morgan fingerprint density at radius 3 is 0.804 bits per heavy atom. The van der Waals surface area contributed by atoms with E-state index in [2.05, 4.69) is 370 Å². The van der Waals surface area contributed by atoms with Crippen molar-refractivity contribution in [3.63, 3.8) is 0 Å². The zero-order valence-corrected chi connectivity index (χ0v) is 50.3. The maximum Gasteiger partial charge on any atom is 0.0547 e. The lowest BCUT2D eigenvalue weighted by Crippen LogP contribution is -1.95. The molecule has 0 bridgehead atoms. The molecule has 4 nitrogen and oxygen atoms in total. The minimum Gasteiger partial charge on any atom is -0.309 e. The van der Waals surface area contributed by atoms with Crippen molar-refractivity contribution in [3.05, 3.63) is 352 Å². The monoisotopic (exact) mass is 1170 g/mol. The molecule has 0 radical (unpaired) electrons. The average Bonchev–Trinajstić information content (AvgIpc) is 1.78. The molecule has 0 aliphatic rings. The first-order valence-corrected chi connectivity index (χ1v) is 31.7. The van der Waals surface area contributed by atoms with Gasteiger partial charge in [-0.25, -0.2) is 0 Å². The summed E-state index contributed by atoms with van der Waals surface area (Å²) >= 11 is 0. The van der Waals surface area contributed by atoms with E-state index in [9.17, 15) is 0 Å². The van der Waals surface area contributed by atoms with Crippen LogP contribution in [0.1, 0.15) is 0 Å². The molecule has 4 aromatic heterocycles. The molecule has 4 heterocycles. The first-order chi connectivity index (χ1) is 45.7. The van der Waals surface area contributed by atoms with Gasteiger partial charge in [0.05, 0.1) is 49.8 Å². The second-order valence-corrected chi connectivity index (χ2v) is 23.9. The van der Waals surface area contributed by atoms with Crippen LogP contribution in [0.5, 0.6) is 0 Å². The molecule has 0 unspecified atom stereocenters. The van der Waals surface area contributed by atoms with Gasteiger partial charge in [-0.1, -0.05) is 261 Å². The van der Waals surface area contributed by atoms with Gasteiger partial charge < -0.3 is 18.3 Å². The summed E-state index contributed by atoms with van der Waals surface area (Å²) in [5.74, 6) is 0. The Balaban J connectivity index is 0.000000136. The predicted molar refractivity (Wildman–Crippen MR) is 389 cm³/mol. The molecule has 4 heteroatoms. The van der Waals surface area contributed by atoms with Crippen molar-refractivity contribution in [1.29, 1.82) is 0 Å². The highest BCUT2D eigenvalue weighted by molar-refractivity contribution is 6.24. The maximum atomic E-state index is 2.45. The fourth-order valence-electron chi connectivity index (χ4n) is 14.9. The highest BCUT2D eigenvalue weighted by Gasteiger charge is 2.24. The number of nitrogens with zero attached hydrogens (tertiary/aromatic N) is 4. The van der Waals surface area contributed by atoms with Crippen LogP contribution in [-0.4, -0.2) is 18.3 Å². The highest BCUT2D eigenvalue weighted by atomic mass is 15.0. The van der Waals surface area contributed by atoms with Crippen molar-refractivity contribution >= 4 is 98.0 Å². The molecule has 0 aliphatic carbocycles. The van der Waals surface area contributed by atoms with Gasteiger partial charge in [0.1, 0.15) is 0 Å². The van der Waals surface area contributed by atoms with Crippen LogP contribution in [0.15, 0.2) is 352 Å². The van der Waals surface area contributed by atoms with Crippen LogP contribution in [0.2, 0.25) is 0 Å². The van der Waals surface area contributed by atoms with E-state index in [1.54, 1.807) is 0 Å². The van der Waals surface area contributed by atoms with Gasteiger partial charge >= 0.3 is 0 Å². The maximum absolute atomic E-state index is 2.45. The fraction of sp³-hybridized carbons (Fsp3) is 0. The molecule has 0 N–H and O–H groups in total. The lowest BCUT2D eigenvalue weighted by Gasteiger charge is -2.12. The Hall–Kier alpha value is -12.2. The summed E-state index contributed by atoms with van der Waals surface area (Å²) in [6, 6.07) is 127. The van der Waals surface area contributed by atoms with E-state index in [-0.39, 0.29) is 0 Å². The number of rotatable bonds is 8. The molecule has 15 aromatic carbocycles. The first kappa shape index (κ1) is 52.8. The third-order valence-electron chi connectivity index (χ3n) is 18.9. The van der Waals surface area contributed by atoms with E-state index in [1.165, 1.54) is 154 Å². The van der Waals surface area contributed by atoms with Gasteiger partial charge in [-0.15, -0.1) is 0 Å². The molecule has 19 rings (SSSR count). The second kappa shape index (κ2) is 21.8. The number of fused-ring (bicyclic) bond motifs is 13. The van der Waals surface area contributed by atoms with E-state index in [0.717, 1.165) is 11.4 Å². The van der Waals surface area contributed by atoms with Crippen molar-refractivity contribution < 1.29 is 0 Å². The lowest BCUT2D eigenvalue weighted by molar-refractivity contribution is 1.18. The normalized spacial score (nSPS) is 11.7. The standard InChI is InChI=1S/C46H30N2.C42H28N2/c1-2-13-31(14-3-1)32-27-29-34(30-28-32)47-41-22-8-6-18-38(41)45-36(20-11-25-43(45)47)37-21-12-26-44-46(37)39-19-7-9-23-42(39)48(44)40-24-10-16-33-15-4-5-17-35(33)40;1-3-13-29(14-4-1)30-25-27-32(28-26-30)44-38-22-10-8-18-36(38)42-34(20-12-24-40(42)44)33-19-11-23-39-41(33)35-17-7-9-21-37(35)43(39)31-15-5-2-6-16-31/h1-30H;1-28H. The van der Waals surface area contributed by atoms with E-state index in [0.29, 0.717) is 0 Å². The van der Waals surface area contributed by atoms with Crippen molar-refractivity contribution in [2.24, 2.45) is 0 Å². The number of aromatic nitrogens is 4. The Morgan fingerprint density at radius 1 is 0.152 bits per heavy atom. The largest absolute Gasteiger partial charge is 0.309 e. The van der Waals surface area contributed by atoms with Crippen LogP contribution in [0.3, 0.4) is 0 Å². The minimum absolute atomic E-state index is 1.16. The van der Waals surface area contributed by atoms with E-state index in [4.69, 9.17) is 0 Å². The van der Waals surface area contributed by atoms with E-state index < -0.39 is 0 Å². The van der Waals surface area contributed by atoms with Crippen molar-refractivity contribution in [3.8, 4) is 67.3 Å². The zero-order valence-electron chi connectivity index (χ0n) is 50.3. The van der Waals surface area contributed by atoms with Crippen LogP contribution in [0.25, 0.3) is 165 Å². The van der Waals surface area contributed by atoms with Crippen molar-refractivity contribution in [2.75, 3.05) is 0 Å². The summed E-state index contributed by atoms with van der Waals surface area (Å²) in [4.78, 5) is 0. The van der Waals surface area contributed by atoms with E-state index in [1.807, 2.05) is 0 Å². The van der Waals surface area contributed by atoms with Crippen LogP contribution < -0.4 is 0 Å².